The quantitative estimate of drug-likeness (QED) is 0.389. The van der Waals surface area contributed by atoms with Crippen molar-refractivity contribution in [1.29, 1.82) is 0 Å². The number of aromatic amines is 1. The van der Waals surface area contributed by atoms with Crippen molar-refractivity contribution >= 4 is 23.2 Å². The Morgan fingerprint density at radius 1 is 0.933 bits per heavy atom. The van der Waals surface area contributed by atoms with Crippen LogP contribution in [0.4, 0.5) is 5.69 Å². The van der Waals surface area contributed by atoms with Crippen molar-refractivity contribution in [3.05, 3.63) is 95.0 Å². The fourth-order valence-corrected chi connectivity index (χ4v) is 3.27. The minimum Gasteiger partial charge on any atom is -0.399 e. The highest BCUT2D eigenvalue weighted by Crippen LogP contribution is 2.25. The van der Waals surface area contributed by atoms with Crippen molar-refractivity contribution in [1.82, 2.24) is 15.5 Å². The molecule has 0 atom stereocenters. The predicted molar refractivity (Wildman–Crippen MR) is 121 cm³/mol. The van der Waals surface area contributed by atoms with Crippen LogP contribution in [0.15, 0.2) is 78.9 Å². The summed E-state index contributed by atoms with van der Waals surface area (Å²) in [5, 5.41) is 11.1. The highest BCUT2D eigenvalue weighted by molar-refractivity contribution is 6.30. The number of nitrogens with one attached hydrogen (secondary N) is 2. The van der Waals surface area contributed by atoms with E-state index < -0.39 is 0 Å². The van der Waals surface area contributed by atoms with Gasteiger partial charge < -0.3 is 11.1 Å². The third-order valence-electron chi connectivity index (χ3n) is 4.85. The molecule has 1 aromatic heterocycles. The lowest BCUT2D eigenvalue weighted by Gasteiger charge is -2.06. The van der Waals surface area contributed by atoms with Gasteiger partial charge in [-0.05, 0) is 60.0 Å². The topological polar surface area (TPSA) is 83.8 Å². The molecule has 0 fully saturated rings. The number of hydrogen-bond acceptors (Lipinski definition) is 3. The number of hydrogen-bond donors (Lipinski definition) is 3. The number of anilines is 1. The normalized spacial score (nSPS) is 10.7. The Hall–Kier alpha value is -3.57. The van der Waals surface area contributed by atoms with Crippen molar-refractivity contribution in [2.45, 2.75) is 6.42 Å². The summed E-state index contributed by atoms with van der Waals surface area (Å²) in [6.45, 7) is 0.564. The number of rotatable bonds is 6. The van der Waals surface area contributed by atoms with Gasteiger partial charge in [0.2, 0.25) is 0 Å². The molecule has 4 aromatic rings. The van der Waals surface area contributed by atoms with Crippen LogP contribution in [-0.2, 0) is 6.42 Å². The molecule has 0 saturated heterocycles. The molecular formula is C24H21ClN4O. The van der Waals surface area contributed by atoms with Crippen LogP contribution < -0.4 is 11.1 Å². The molecule has 0 bridgehead atoms. The van der Waals surface area contributed by atoms with Crippen molar-refractivity contribution in [3.8, 4) is 22.5 Å². The molecule has 1 amide bonds. The van der Waals surface area contributed by atoms with Gasteiger partial charge in [0.1, 0.15) is 0 Å². The molecule has 0 aliphatic heterocycles. The van der Waals surface area contributed by atoms with E-state index in [1.165, 1.54) is 0 Å². The number of nitrogen functional groups attached to an aromatic ring is 1. The molecule has 3 aromatic carbocycles. The van der Waals surface area contributed by atoms with E-state index in [0.29, 0.717) is 17.1 Å². The van der Waals surface area contributed by atoms with Gasteiger partial charge in [0.25, 0.3) is 5.91 Å². The summed E-state index contributed by atoms with van der Waals surface area (Å²) in [4.78, 5) is 12.4. The number of nitrogens with zero attached hydrogens (tertiary/aromatic N) is 1. The molecule has 0 radical (unpaired) electrons. The average Bonchev–Trinajstić information content (AvgIpc) is 3.26. The van der Waals surface area contributed by atoms with Crippen LogP contribution in [0.2, 0.25) is 5.02 Å². The van der Waals surface area contributed by atoms with E-state index in [4.69, 9.17) is 17.3 Å². The van der Waals surface area contributed by atoms with Gasteiger partial charge in [0.05, 0.1) is 11.4 Å². The van der Waals surface area contributed by atoms with Gasteiger partial charge in [-0.25, -0.2) is 0 Å². The molecule has 0 aliphatic carbocycles. The van der Waals surface area contributed by atoms with Crippen molar-refractivity contribution in [3.63, 3.8) is 0 Å². The van der Waals surface area contributed by atoms with E-state index >= 15 is 0 Å². The summed E-state index contributed by atoms with van der Waals surface area (Å²) >= 11 is 5.95. The maximum absolute atomic E-state index is 12.4. The van der Waals surface area contributed by atoms with Gasteiger partial charge >= 0.3 is 0 Å². The van der Waals surface area contributed by atoms with Crippen LogP contribution in [-0.4, -0.2) is 22.6 Å². The van der Waals surface area contributed by atoms with E-state index in [2.05, 4.69) is 15.5 Å². The second-order valence-electron chi connectivity index (χ2n) is 7.00. The van der Waals surface area contributed by atoms with Gasteiger partial charge in [-0.2, -0.15) is 5.10 Å². The maximum Gasteiger partial charge on any atom is 0.251 e. The van der Waals surface area contributed by atoms with Gasteiger partial charge in [-0.1, -0.05) is 48.0 Å². The van der Waals surface area contributed by atoms with Gasteiger partial charge in [0.15, 0.2) is 0 Å². The Kier molecular flexibility index (Phi) is 5.82. The molecule has 150 valence electrons. The Morgan fingerprint density at radius 3 is 2.30 bits per heavy atom. The molecule has 4 N–H and O–H groups in total. The van der Waals surface area contributed by atoms with Crippen LogP contribution in [0.1, 0.15) is 15.9 Å². The first-order chi connectivity index (χ1) is 14.6. The molecule has 30 heavy (non-hydrogen) atoms. The zero-order chi connectivity index (χ0) is 20.9. The minimum atomic E-state index is -0.0964. The lowest BCUT2D eigenvalue weighted by atomic mass is 10.1. The highest BCUT2D eigenvalue weighted by atomic mass is 35.5. The monoisotopic (exact) mass is 416 g/mol. The number of carbonyl (C=O) groups is 1. The van der Waals surface area contributed by atoms with E-state index in [1.807, 2.05) is 78.9 Å². The molecule has 0 saturated carbocycles. The predicted octanol–water partition coefficient (Wildman–Crippen LogP) is 4.95. The van der Waals surface area contributed by atoms with Crippen LogP contribution >= 0.6 is 11.6 Å². The standard InChI is InChI=1S/C24H21ClN4O/c25-20-9-7-18(8-10-20)23-15-22(28-29-23)17-3-5-19(6-4-17)24(30)27-14-13-16-1-11-21(26)12-2-16/h1-12,15H,13-14,26H2,(H,27,30)(H,28,29). The summed E-state index contributed by atoms with van der Waals surface area (Å²) in [5.41, 5.74) is 11.8. The molecule has 6 heteroatoms. The number of carbonyl (C=O) groups excluding carboxylic acids is 1. The van der Waals surface area contributed by atoms with Crippen LogP contribution in [0.25, 0.3) is 22.5 Å². The Morgan fingerprint density at radius 2 is 1.60 bits per heavy atom. The largest absolute Gasteiger partial charge is 0.399 e. The van der Waals surface area contributed by atoms with Crippen molar-refractivity contribution in [2.75, 3.05) is 12.3 Å². The van der Waals surface area contributed by atoms with E-state index in [0.717, 1.165) is 40.2 Å². The third-order valence-corrected chi connectivity index (χ3v) is 5.11. The molecule has 0 unspecified atom stereocenters. The van der Waals surface area contributed by atoms with E-state index in [1.54, 1.807) is 0 Å². The molecule has 4 rings (SSSR count). The Labute approximate surface area is 179 Å². The summed E-state index contributed by atoms with van der Waals surface area (Å²) in [6.07, 6.45) is 0.755. The number of amides is 1. The number of benzene rings is 3. The Balaban J connectivity index is 1.37. The average molecular weight is 417 g/mol. The fourth-order valence-electron chi connectivity index (χ4n) is 3.15. The van der Waals surface area contributed by atoms with Crippen molar-refractivity contribution in [2.24, 2.45) is 0 Å². The fraction of sp³-hybridized carbons (Fsp3) is 0.0833. The molecule has 0 aliphatic rings. The summed E-state index contributed by atoms with van der Waals surface area (Å²) < 4.78 is 0. The summed E-state index contributed by atoms with van der Waals surface area (Å²) in [6, 6.07) is 24.6. The van der Waals surface area contributed by atoms with Crippen LogP contribution in [0.3, 0.4) is 0 Å². The zero-order valence-corrected chi connectivity index (χ0v) is 17.0. The summed E-state index contributed by atoms with van der Waals surface area (Å²) in [5.74, 6) is -0.0964. The first-order valence-electron chi connectivity index (χ1n) is 9.63. The van der Waals surface area contributed by atoms with Crippen LogP contribution in [0, 0.1) is 0 Å². The number of nitrogens with two attached hydrogens (primary N) is 1. The van der Waals surface area contributed by atoms with Gasteiger partial charge in [0, 0.05) is 28.4 Å². The lowest BCUT2D eigenvalue weighted by Crippen LogP contribution is -2.25. The van der Waals surface area contributed by atoms with Crippen LogP contribution in [0.5, 0.6) is 0 Å². The van der Waals surface area contributed by atoms with E-state index in [-0.39, 0.29) is 5.91 Å². The lowest BCUT2D eigenvalue weighted by molar-refractivity contribution is 0.0954. The minimum absolute atomic E-state index is 0.0964. The number of aromatic nitrogens is 2. The molecule has 1 heterocycles. The number of H-pyrrole nitrogens is 1. The molecular weight excluding hydrogens is 396 g/mol. The van der Waals surface area contributed by atoms with Gasteiger partial charge in [-0.15, -0.1) is 0 Å². The maximum atomic E-state index is 12.4. The molecule has 5 nitrogen and oxygen atoms in total. The second-order valence-corrected chi connectivity index (χ2v) is 7.44. The SMILES string of the molecule is Nc1ccc(CCNC(=O)c2ccc(-c3cc(-c4ccc(Cl)cc4)[nH]n3)cc2)cc1. The van der Waals surface area contributed by atoms with Gasteiger partial charge in [-0.3, -0.25) is 9.89 Å². The first-order valence-corrected chi connectivity index (χ1v) is 10.0. The first kappa shape index (κ1) is 19.7. The van der Waals surface area contributed by atoms with Crippen molar-refractivity contribution < 1.29 is 4.79 Å². The van der Waals surface area contributed by atoms with E-state index in [9.17, 15) is 4.79 Å². The molecule has 0 spiro atoms. The smallest absolute Gasteiger partial charge is 0.251 e. The number of halogens is 1. The zero-order valence-electron chi connectivity index (χ0n) is 16.2. The third kappa shape index (κ3) is 4.70. The second kappa shape index (κ2) is 8.84. The summed E-state index contributed by atoms with van der Waals surface area (Å²) in [7, 11) is 0. The Bertz CT molecular complexity index is 1130. The highest BCUT2D eigenvalue weighted by Gasteiger charge is 2.09.